The third kappa shape index (κ3) is 4.07. The molecule has 0 aromatic carbocycles. The van der Waals surface area contributed by atoms with Gasteiger partial charge in [0.1, 0.15) is 0 Å². The zero-order valence-electron chi connectivity index (χ0n) is 10.3. The Labute approximate surface area is 106 Å². The molecule has 0 radical (unpaired) electrons. The lowest BCUT2D eigenvalue weighted by molar-refractivity contribution is -0.136. The smallest absolute Gasteiger partial charge is 0.316 e. The fraction of sp³-hybridized carbons (Fsp3) is 0.667. The molecule has 1 amide bonds. The molecule has 4 nitrogen and oxygen atoms in total. The number of carbonyl (C=O) groups is 2. The summed E-state index contributed by atoms with van der Waals surface area (Å²) in [4.78, 5) is 24.4. The minimum absolute atomic E-state index is 0.0127. The summed E-state index contributed by atoms with van der Waals surface area (Å²) in [6.07, 6.45) is 5.21. The van der Waals surface area contributed by atoms with E-state index >= 15 is 0 Å². The Hall–Kier alpha value is -0.970. The quantitative estimate of drug-likeness (QED) is 0.791. The first kappa shape index (κ1) is 14.1. The van der Waals surface area contributed by atoms with Crippen molar-refractivity contribution >= 4 is 23.6 Å². The molecule has 0 heterocycles. The maximum atomic E-state index is 12.0. The van der Waals surface area contributed by atoms with E-state index in [0.717, 1.165) is 25.0 Å². The van der Waals surface area contributed by atoms with Gasteiger partial charge >= 0.3 is 5.97 Å². The SMILES string of the molecule is CCN(C(=O)CSC(C)C(=O)O)C1=CCCC1. The Morgan fingerprint density at radius 2 is 2.29 bits per heavy atom. The van der Waals surface area contributed by atoms with Crippen LogP contribution in [0.3, 0.4) is 0 Å². The van der Waals surface area contributed by atoms with Crippen molar-refractivity contribution in [1.82, 2.24) is 4.90 Å². The molecule has 96 valence electrons. The number of carboxylic acids is 1. The molecule has 0 saturated heterocycles. The molecule has 1 aliphatic carbocycles. The molecule has 0 bridgehead atoms. The summed E-state index contributed by atoms with van der Waals surface area (Å²) >= 11 is 1.18. The highest BCUT2D eigenvalue weighted by Crippen LogP contribution is 2.22. The predicted octanol–water partition coefficient (Wildman–Crippen LogP) is 2.11. The van der Waals surface area contributed by atoms with Crippen molar-refractivity contribution < 1.29 is 14.7 Å². The van der Waals surface area contributed by atoms with Crippen LogP contribution < -0.4 is 0 Å². The summed E-state index contributed by atoms with van der Waals surface area (Å²) in [6, 6.07) is 0. The van der Waals surface area contributed by atoms with Crippen LogP contribution in [0, 0.1) is 0 Å². The van der Waals surface area contributed by atoms with E-state index in [9.17, 15) is 9.59 Å². The van der Waals surface area contributed by atoms with Gasteiger partial charge in [-0.1, -0.05) is 6.08 Å². The highest BCUT2D eigenvalue weighted by atomic mass is 32.2. The molecule has 1 atom stereocenters. The molecule has 0 spiro atoms. The van der Waals surface area contributed by atoms with E-state index in [2.05, 4.69) is 6.08 Å². The Bertz CT molecular complexity index is 328. The lowest BCUT2D eigenvalue weighted by atomic mass is 10.3. The molecular weight excluding hydrogens is 238 g/mol. The van der Waals surface area contributed by atoms with Gasteiger partial charge in [-0.2, -0.15) is 0 Å². The van der Waals surface area contributed by atoms with Crippen LogP contribution in [0.15, 0.2) is 11.8 Å². The van der Waals surface area contributed by atoms with Crippen LogP contribution >= 0.6 is 11.8 Å². The van der Waals surface area contributed by atoms with Gasteiger partial charge in [-0.3, -0.25) is 9.59 Å². The van der Waals surface area contributed by atoms with Gasteiger partial charge in [-0.25, -0.2) is 0 Å². The molecule has 0 saturated carbocycles. The summed E-state index contributed by atoms with van der Waals surface area (Å²) in [5.41, 5.74) is 1.10. The van der Waals surface area contributed by atoms with E-state index < -0.39 is 11.2 Å². The summed E-state index contributed by atoms with van der Waals surface area (Å²) < 4.78 is 0. The largest absolute Gasteiger partial charge is 0.480 e. The minimum atomic E-state index is -0.870. The number of amides is 1. The van der Waals surface area contributed by atoms with Crippen molar-refractivity contribution in [2.45, 2.75) is 38.4 Å². The van der Waals surface area contributed by atoms with Gasteiger partial charge in [-0.15, -0.1) is 11.8 Å². The maximum Gasteiger partial charge on any atom is 0.316 e. The number of nitrogens with zero attached hydrogens (tertiary/aromatic N) is 1. The van der Waals surface area contributed by atoms with Crippen LogP contribution in [0.2, 0.25) is 0 Å². The van der Waals surface area contributed by atoms with Gasteiger partial charge in [0.25, 0.3) is 0 Å². The van der Waals surface area contributed by atoms with Crippen molar-refractivity contribution in [3.05, 3.63) is 11.8 Å². The van der Waals surface area contributed by atoms with Crippen LogP contribution in [0.4, 0.5) is 0 Å². The first-order valence-corrected chi connectivity index (χ1v) is 6.95. The van der Waals surface area contributed by atoms with Gasteiger partial charge in [-0.05, 0) is 33.1 Å². The third-order valence-electron chi connectivity index (χ3n) is 2.79. The standard InChI is InChI=1S/C12H19NO3S/c1-3-13(10-6-4-5-7-10)11(14)8-17-9(2)12(15)16/h6,9H,3-5,7-8H2,1-2H3,(H,15,16). The molecule has 0 fully saturated rings. The number of carboxylic acid groups (broad SMARTS) is 1. The number of rotatable bonds is 6. The Kier molecular flexibility index (Phi) is 5.55. The van der Waals surface area contributed by atoms with Crippen LogP contribution in [-0.4, -0.2) is 39.4 Å². The van der Waals surface area contributed by atoms with Crippen LogP contribution in [0.1, 0.15) is 33.1 Å². The monoisotopic (exact) mass is 257 g/mol. The van der Waals surface area contributed by atoms with E-state index in [1.807, 2.05) is 6.92 Å². The number of allylic oxidation sites excluding steroid dienone is 2. The number of hydrogen-bond donors (Lipinski definition) is 1. The molecule has 1 unspecified atom stereocenters. The molecule has 0 aromatic heterocycles. The molecule has 1 aliphatic rings. The fourth-order valence-electron chi connectivity index (χ4n) is 1.78. The first-order chi connectivity index (χ1) is 8.06. The molecule has 0 aromatic rings. The molecule has 1 N–H and O–H groups in total. The van der Waals surface area contributed by atoms with Crippen molar-refractivity contribution in [1.29, 1.82) is 0 Å². The lowest BCUT2D eigenvalue weighted by Crippen LogP contribution is -2.32. The Morgan fingerprint density at radius 1 is 1.59 bits per heavy atom. The van der Waals surface area contributed by atoms with Crippen molar-refractivity contribution in [2.75, 3.05) is 12.3 Å². The summed E-state index contributed by atoms with van der Waals surface area (Å²) in [7, 11) is 0. The normalized spacial score (nSPS) is 16.5. The van der Waals surface area contributed by atoms with Crippen molar-refractivity contribution in [2.24, 2.45) is 0 Å². The minimum Gasteiger partial charge on any atom is -0.480 e. The summed E-state index contributed by atoms with van der Waals surface area (Å²) in [5.74, 6) is -0.622. The van der Waals surface area contributed by atoms with Gasteiger partial charge in [0, 0.05) is 12.2 Å². The van der Waals surface area contributed by atoms with Gasteiger partial charge < -0.3 is 10.0 Å². The van der Waals surface area contributed by atoms with E-state index in [-0.39, 0.29) is 11.7 Å². The van der Waals surface area contributed by atoms with E-state index in [1.54, 1.807) is 11.8 Å². The second-order valence-corrected chi connectivity index (χ2v) is 5.35. The number of thioether (sulfide) groups is 1. The van der Waals surface area contributed by atoms with Gasteiger partial charge in [0.05, 0.1) is 11.0 Å². The average Bonchev–Trinajstić information content (AvgIpc) is 2.80. The Balaban J connectivity index is 2.47. The van der Waals surface area contributed by atoms with Crippen LogP contribution in [-0.2, 0) is 9.59 Å². The number of carbonyl (C=O) groups excluding carboxylic acids is 1. The second-order valence-electron chi connectivity index (χ2n) is 4.02. The molecule has 0 aliphatic heterocycles. The fourth-order valence-corrected chi connectivity index (χ4v) is 2.48. The predicted molar refractivity (Wildman–Crippen MR) is 68.9 cm³/mol. The third-order valence-corrected chi connectivity index (χ3v) is 3.90. The number of hydrogen-bond acceptors (Lipinski definition) is 3. The summed E-state index contributed by atoms with van der Waals surface area (Å²) in [6.45, 7) is 4.21. The zero-order valence-corrected chi connectivity index (χ0v) is 11.1. The molecular formula is C12H19NO3S. The zero-order chi connectivity index (χ0) is 12.8. The van der Waals surface area contributed by atoms with Gasteiger partial charge in [0.15, 0.2) is 0 Å². The van der Waals surface area contributed by atoms with Crippen molar-refractivity contribution in [3.8, 4) is 0 Å². The van der Waals surface area contributed by atoms with Crippen LogP contribution in [0.25, 0.3) is 0 Å². The van der Waals surface area contributed by atoms with E-state index in [0.29, 0.717) is 6.54 Å². The van der Waals surface area contributed by atoms with Gasteiger partial charge in [0.2, 0.25) is 5.91 Å². The molecule has 17 heavy (non-hydrogen) atoms. The molecule has 5 heteroatoms. The maximum absolute atomic E-state index is 12.0. The van der Waals surface area contributed by atoms with Crippen LogP contribution in [0.5, 0.6) is 0 Å². The average molecular weight is 257 g/mol. The second kappa shape index (κ2) is 6.69. The topological polar surface area (TPSA) is 57.6 Å². The van der Waals surface area contributed by atoms with Crippen molar-refractivity contribution in [3.63, 3.8) is 0 Å². The van der Waals surface area contributed by atoms with E-state index in [1.165, 1.54) is 11.8 Å². The van der Waals surface area contributed by atoms with E-state index in [4.69, 9.17) is 5.11 Å². The number of aliphatic carboxylic acids is 1. The highest BCUT2D eigenvalue weighted by Gasteiger charge is 2.20. The highest BCUT2D eigenvalue weighted by molar-refractivity contribution is 8.01. The first-order valence-electron chi connectivity index (χ1n) is 5.90. The molecule has 1 rings (SSSR count). The lowest BCUT2D eigenvalue weighted by Gasteiger charge is -2.22. The Morgan fingerprint density at radius 3 is 2.76 bits per heavy atom. The summed E-state index contributed by atoms with van der Waals surface area (Å²) in [5, 5.41) is 8.21.